The van der Waals surface area contributed by atoms with Gasteiger partial charge in [-0.2, -0.15) is 0 Å². The van der Waals surface area contributed by atoms with Gasteiger partial charge in [-0.05, 0) is 0 Å². The predicted octanol–water partition coefficient (Wildman–Crippen LogP) is 6.18. The van der Waals surface area contributed by atoms with Crippen LogP contribution in [0.25, 0.3) is 0 Å². The van der Waals surface area contributed by atoms with Crippen LogP contribution in [-0.2, 0) is 6.51 Å². The van der Waals surface area contributed by atoms with Gasteiger partial charge in [0.15, 0.2) is 0 Å². The van der Waals surface area contributed by atoms with Crippen molar-refractivity contribution in [3.05, 3.63) is 59.1 Å². The summed E-state index contributed by atoms with van der Waals surface area (Å²) in [7, 11) is -0.136. The molecule has 0 bridgehead atoms. The minimum absolute atomic E-state index is 0.136. The van der Waals surface area contributed by atoms with Gasteiger partial charge >= 0.3 is 147 Å². The van der Waals surface area contributed by atoms with Crippen LogP contribution in [0.15, 0.2) is 59.1 Å². The second-order valence-electron chi connectivity index (χ2n) is 12.8. The Hall–Kier alpha value is -0.131. The number of benzene rings is 2. The van der Waals surface area contributed by atoms with Gasteiger partial charge in [0.1, 0.15) is 0 Å². The van der Waals surface area contributed by atoms with Crippen LogP contribution in [-0.4, -0.2) is 4.05 Å². The van der Waals surface area contributed by atoms with E-state index in [1.807, 2.05) is 0 Å². The van der Waals surface area contributed by atoms with Crippen molar-refractivity contribution in [1.29, 1.82) is 0 Å². The van der Waals surface area contributed by atoms with Gasteiger partial charge in [0, 0.05) is 0 Å². The molecule has 10 aliphatic heterocycles. The molecular formula is C22H18BrFeP. The van der Waals surface area contributed by atoms with Gasteiger partial charge in [0.25, 0.3) is 0 Å². The Balaban J connectivity index is 1.31. The third-order valence-corrected chi connectivity index (χ3v) is 67.5. The maximum atomic E-state index is 3.99. The maximum absolute atomic E-state index is 3.99. The topological polar surface area (TPSA) is 0 Å². The van der Waals surface area contributed by atoms with Crippen LogP contribution in [0.1, 0.15) is 0 Å². The third-order valence-electron chi connectivity index (χ3n) is 17.0. The van der Waals surface area contributed by atoms with Crippen molar-refractivity contribution >= 4 is 34.5 Å². The summed E-state index contributed by atoms with van der Waals surface area (Å²) in [5.74, 6) is 0. The molecule has 10 fully saturated rings. The Morgan fingerprint density at radius 2 is 1.28 bits per heavy atom. The first-order chi connectivity index (χ1) is 12.0. The van der Waals surface area contributed by atoms with Crippen LogP contribution in [0, 0.1) is 0 Å². The molecule has 126 valence electrons. The minimum atomic E-state index is -3.10. The van der Waals surface area contributed by atoms with E-state index >= 15 is 0 Å². The Labute approximate surface area is 146 Å². The van der Waals surface area contributed by atoms with Crippen LogP contribution in [0.2, 0.25) is 43.3 Å². The van der Waals surface area contributed by atoms with E-state index in [2.05, 4.69) is 70.5 Å². The second-order valence-corrected chi connectivity index (χ2v) is 40.0. The van der Waals surface area contributed by atoms with Crippen molar-refractivity contribution in [2.24, 2.45) is 0 Å². The molecule has 12 rings (SSSR count). The molecule has 10 aliphatic rings. The number of fused-ring (bicyclic) bond motifs is 10. The molecule has 0 radical (unpaired) electrons. The van der Waals surface area contributed by atoms with E-state index in [-0.39, 0.29) is 7.92 Å². The molecule has 2 aromatic rings. The number of rotatable bonds is 3. The van der Waals surface area contributed by atoms with Gasteiger partial charge in [0.05, 0.1) is 0 Å². The Kier molecular flexibility index (Phi) is 0.563. The average Bonchev–Trinajstić information content (AvgIpc) is 3.58. The van der Waals surface area contributed by atoms with E-state index in [0.717, 1.165) is 4.05 Å². The molecule has 1 spiro atoms. The van der Waals surface area contributed by atoms with Crippen LogP contribution < -0.4 is 10.6 Å². The van der Waals surface area contributed by atoms with Crippen molar-refractivity contribution in [2.75, 3.05) is 0 Å². The zero-order valence-electron chi connectivity index (χ0n) is 13.6. The fraction of sp³-hybridized carbons (Fsp3) is 0.455. The average molecular weight is 449 g/mol. The number of hydrogen-bond donors (Lipinski definition) is 0. The summed E-state index contributed by atoms with van der Waals surface area (Å²) in [5.41, 5.74) is 0. The van der Waals surface area contributed by atoms with Gasteiger partial charge < -0.3 is 0 Å². The first-order valence-electron chi connectivity index (χ1n) is 9.86. The number of halogens is 1. The predicted molar refractivity (Wildman–Crippen MR) is 103 cm³/mol. The molecule has 0 aliphatic carbocycles. The zero-order chi connectivity index (χ0) is 15.7. The standard InChI is InChI=1S/C17H13BrP.C5H5.Fe/c18-16-12-6-7-13-17(16)19(15-10-4-5-11-15)14-8-2-1-3-9-14;1-2-4-5-3-1;/h1-13H;1-5H;/t19-;;/m0../s1. The van der Waals surface area contributed by atoms with Crippen molar-refractivity contribution in [3.8, 4) is 0 Å². The zero-order valence-corrected chi connectivity index (χ0v) is 17.2. The van der Waals surface area contributed by atoms with E-state index in [0.29, 0.717) is 0 Å². The van der Waals surface area contributed by atoms with Gasteiger partial charge in [-0.25, -0.2) is 0 Å². The molecule has 2 aromatic carbocycles. The third kappa shape index (κ3) is 0.189. The Morgan fingerprint density at radius 1 is 0.720 bits per heavy atom. The fourth-order valence-electron chi connectivity index (χ4n) is 18.4. The van der Waals surface area contributed by atoms with Crippen molar-refractivity contribution in [2.45, 2.75) is 47.4 Å². The normalized spacial score (nSPS) is 85.9. The summed E-state index contributed by atoms with van der Waals surface area (Å²) in [4.78, 5) is 12.7. The van der Waals surface area contributed by atoms with E-state index < -0.39 is 6.51 Å². The van der Waals surface area contributed by atoms with E-state index in [4.69, 9.17) is 0 Å². The molecule has 10 saturated heterocycles. The molecule has 4 unspecified atom stereocenters. The molecule has 0 nitrogen and oxygen atoms in total. The monoisotopic (exact) mass is 448 g/mol. The van der Waals surface area contributed by atoms with Crippen molar-refractivity contribution in [3.63, 3.8) is 0 Å². The molecule has 10 heterocycles. The van der Waals surface area contributed by atoms with Crippen LogP contribution in [0.4, 0.5) is 0 Å². The quantitative estimate of drug-likeness (QED) is 0.388. The summed E-state index contributed by atoms with van der Waals surface area (Å²) in [6.07, 6.45) is 0. The van der Waals surface area contributed by atoms with Gasteiger partial charge in [-0.3, -0.25) is 0 Å². The SMILES string of the molecule is Brc1ccccc1[P@@](c1ccccc1)[C]12[CH]3[CH]4[CH]5[CH]1[Fe]45321678[CH]2[CH]1[CH]6[CH]7[CH]28. The van der Waals surface area contributed by atoms with E-state index in [1.54, 1.807) is 10.6 Å². The van der Waals surface area contributed by atoms with Crippen LogP contribution in [0.3, 0.4) is 0 Å². The Bertz CT molecular complexity index is 1420. The fourth-order valence-corrected chi connectivity index (χ4v) is 108. The molecular weight excluding hydrogens is 431 g/mol. The van der Waals surface area contributed by atoms with Crippen molar-refractivity contribution < 1.29 is 6.51 Å². The van der Waals surface area contributed by atoms with Gasteiger partial charge in [0.2, 0.25) is 0 Å². The summed E-state index contributed by atoms with van der Waals surface area (Å²) < 4.78 is 2.35. The van der Waals surface area contributed by atoms with Gasteiger partial charge in [-0.15, -0.1) is 0 Å². The molecule has 0 amide bonds. The molecule has 0 aromatic heterocycles. The first kappa shape index (κ1) is 11.0. The van der Waals surface area contributed by atoms with Gasteiger partial charge in [-0.1, -0.05) is 0 Å². The molecule has 5 atom stereocenters. The van der Waals surface area contributed by atoms with Crippen LogP contribution in [0.5, 0.6) is 0 Å². The molecule has 0 saturated carbocycles. The summed E-state index contributed by atoms with van der Waals surface area (Å²) in [6.45, 7) is -3.10. The second kappa shape index (κ2) is 1.28. The molecule has 3 heteroatoms. The summed E-state index contributed by atoms with van der Waals surface area (Å²) in [5, 5.41) is 3.43. The first-order valence-corrected chi connectivity index (χ1v) is 18.3. The van der Waals surface area contributed by atoms with Crippen LogP contribution >= 0.6 is 23.9 Å². The van der Waals surface area contributed by atoms with E-state index in [1.165, 1.54) is 47.8 Å². The molecule has 25 heavy (non-hydrogen) atoms. The summed E-state index contributed by atoms with van der Waals surface area (Å²) >= 11 is 3.99. The summed E-state index contributed by atoms with van der Waals surface area (Å²) in [6, 6.07) is 21.2. The van der Waals surface area contributed by atoms with Crippen molar-refractivity contribution in [1.82, 2.24) is 0 Å². The Morgan fingerprint density at radius 3 is 1.76 bits per heavy atom. The number of hydrogen-bond acceptors (Lipinski definition) is 0. The molecule has 0 N–H and O–H groups in total. The van der Waals surface area contributed by atoms with E-state index in [9.17, 15) is 0 Å².